The summed E-state index contributed by atoms with van der Waals surface area (Å²) in [6.45, 7) is 5.91. The molecule has 0 atom stereocenters. The fraction of sp³-hybridized carbons (Fsp3) is 0.545. The minimum absolute atomic E-state index is 0. The van der Waals surface area contributed by atoms with Gasteiger partial charge in [0, 0.05) is 25.8 Å². The van der Waals surface area contributed by atoms with Crippen LogP contribution in [0.4, 0.5) is 0 Å². The summed E-state index contributed by atoms with van der Waals surface area (Å²) in [5.74, 6) is 1.84. The molecule has 0 unspecified atom stereocenters. The van der Waals surface area contributed by atoms with E-state index in [0.29, 0.717) is 5.41 Å². The molecule has 2 saturated carbocycles. The molecular formula is C22H32IN5. The van der Waals surface area contributed by atoms with E-state index < -0.39 is 0 Å². The third-order valence-corrected chi connectivity index (χ3v) is 6.30. The highest BCUT2D eigenvalue weighted by Gasteiger charge is 2.48. The van der Waals surface area contributed by atoms with Gasteiger partial charge in [-0.2, -0.15) is 5.10 Å². The highest BCUT2D eigenvalue weighted by molar-refractivity contribution is 14.0. The number of hydrogen-bond acceptors (Lipinski definition) is 2. The zero-order valence-corrected chi connectivity index (χ0v) is 19.5. The number of aryl methyl sites for hydroxylation is 2. The number of benzene rings is 1. The highest BCUT2D eigenvalue weighted by atomic mass is 127. The molecule has 0 aliphatic heterocycles. The first-order valence-corrected chi connectivity index (χ1v) is 10.2. The van der Waals surface area contributed by atoms with Crippen LogP contribution in [0.5, 0.6) is 0 Å². The Kier molecular flexibility index (Phi) is 6.68. The summed E-state index contributed by atoms with van der Waals surface area (Å²) in [4.78, 5) is 4.44. The minimum atomic E-state index is 0. The summed E-state index contributed by atoms with van der Waals surface area (Å²) in [5, 5.41) is 11.7. The molecular weight excluding hydrogens is 461 g/mol. The number of halogens is 1. The third-order valence-electron chi connectivity index (χ3n) is 6.30. The van der Waals surface area contributed by atoms with Crippen molar-refractivity contribution < 1.29 is 0 Å². The third kappa shape index (κ3) is 4.36. The Morgan fingerprint density at radius 3 is 2.54 bits per heavy atom. The van der Waals surface area contributed by atoms with Crippen LogP contribution < -0.4 is 10.6 Å². The van der Waals surface area contributed by atoms with Crippen LogP contribution in [-0.2, 0) is 6.54 Å². The van der Waals surface area contributed by atoms with Crippen LogP contribution in [0.3, 0.4) is 0 Å². The maximum absolute atomic E-state index is 4.65. The second kappa shape index (κ2) is 8.84. The van der Waals surface area contributed by atoms with Crippen LogP contribution in [-0.4, -0.2) is 29.3 Å². The van der Waals surface area contributed by atoms with Crippen molar-refractivity contribution in [3.63, 3.8) is 0 Å². The van der Waals surface area contributed by atoms with E-state index in [2.05, 4.69) is 58.0 Å². The maximum atomic E-state index is 4.65. The van der Waals surface area contributed by atoms with Crippen molar-refractivity contribution in [1.29, 1.82) is 0 Å². The monoisotopic (exact) mass is 493 g/mol. The van der Waals surface area contributed by atoms with E-state index in [-0.39, 0.29) is 24.0 Å². The molecule has 1 aromatic heterocycles. The highest BCUT2D eigenvalue weighted by Crippen LogP contribution is 2.56. The van der Waals surface area contributed by atoms with Crippen LogP contribution in [0, 0.1) is 25.2 Å². The largest absolute Gasteiger partial charge is 0.356 e. The molecule has 2 aromatic rings. The molecule has 2 N–H and O–H groups in total. The molecule has 0 amide bonds. The number of rotatable bonds is 6. The summed E-state index contributed by atoms with van der Waals surface area (Å²) in [6, 6.07) is 10.5. The fourth-order valence-electron chi connectivity index (χ4n) is 4.46. The quantitative estimate of drug-likeness (QED) is 0.358. The van der Waals surface area contributed by atoms with Crippen LogP contribution >= 0.6 is 24.0 Å². The zero-order chi connectivity index (χ0) is 18.9. The first-order valence-electron chi connectivity index (χ1n) is 10.2. The van der Waals surface area contributed by atoms with Crippen LogP contribution in [0.2, 0.25) is 0 Å². The molecule has 2 fully saturated rings. The van der Waals surface area contributed by atoms with Gasteiger partial charge in [0.25, 0.3) is 0 Å². The van der Waals surface area contributed by atoms with Gasteiger partial charge in [0.05, 0.1) is 11.4 Å². The molecule has 1 heterocycles. The van der Waals surface area contributed by atoms with Gasteiger partial charge in [0.2, 0.25) is 0 Å². The molecule has 0 saturated heterocycles. The zero-order valence-electron chi connectivity index (χ0n) is 17.2. The summed E-state index contributed by atoms with van der Waals surface area (Å²) in [5.41, 5.74) is 5.07. The molecule has 28 heavy (non-hydrogen) atoms. The number of aliphatic imine (C=N–C) groups is 1. The fourth-order valence-corrected chi connectivity index (χ4v) is 4.46. The number of nitrogens with one attached hydrogen (secondary N) is 2. The summed E-state index contributed by atoms with van der Waals surface area (Å²) >= 11 is 0. The van der Waals surface area contributed by atoms with E-state index in [0.717, 1.165) is 42.0 Å². The molecule has 152 valence electrons. The number of aromatic nitrogens is 2. The lowest BCUT2D eigenvalue weighted by Gasteiger charge is -2.43. The lowest BCUT2D eigenvalue weighted by Crippen LogP contribution is -2.47. The maximum Gasteiger partial charge on any atom is 0.191 e. The average molecular weight is 493 g/mol. The standard InChI is InChI=1S/C22H31N5.HI/c1-16-13-17(2)27(26-16)20-8-5-4-7-18(20)14-24-21(23-3)25-15-22(11-6-12-22)19-9-10-19;/h4-5,7-8,13,19H,6,9-12,14-15H2,1-3H3,(H2,23,24,25);1H. The number of para-hydroxylation sites is 1. The van der Waals surface area contributed by atoms with Gasteiger partial charge < -0.3 is 10.6 Å². The summed E-state index contributed by atoms with van der Waals surface area (Å²) in [6.07, 6.45) is 6.98. The van der Waals surface area contributed by atoms with Crippen molar-refractivity contribution in [3.8, 4) is 5.69 Å². The first-order chi connectivity index (χ1) is 13.1. The predicted molar refractivity (Wildman–Crippen MR) is 126 cm³/mol. The molecule has 1 aromatic carbocycles. The second-order valence-corrected chi connectivity index (χ2v) is 8.24. The second-order valence-electron chi connectivity index (χ2n) is 8.24. The predicted octanol–water partition coefficient (Wildman–Crippen LogP) is 4.35. The van der Waals surface area contributed by atoms with E-state index in [1.54, 1.807) is 0 Å². The topological polar surface area (TPSA) is 54.2 Å². The number of hydrogen-bond donors (Lipinski definition) is 2. The molecule has 6 heteroatoms. The Hall–Kier alpha value is -1.57. The van der Waals surface area contributed by atoms with Crippen LogP contribution in [0.15, 0.2) is 35.3 Å². The van der Waals surface area contributed by atoms with Gasteiger partial charge in [-0.3, -0.25) is 4.99 Å². The lowest BCUT2D eigenvalue weighted by molar-refractivity contribution is 0.106. The smallest absolute Gasteiger partial charge is 0.191 e. The SMILES string of the molecule is CN=C(NCc1ccccc1-n1nc(C)cc1C)NCC1(C2CC2)CCC1.I. The van der Waals surface area contributed by atoms with Crippen LogP contribution in [0.25, 0.3) is 5.69 Å². The molecule has 2 aliphatic rings. The van der Waals surface area contributed by atoms with E-state index in [4.69, 9.17) is 0 Å². The Labute approximate surface area is 185 Å². The molecule has 0 radical (unpaired) electrons. The minimum Gasteiger partial charge on any atom is -0.356 e. The van der Waals surface area contributed by atoms with Crippen molar-refractivity contribution in [1.82, 2.24) is 20.4 Å². The summed E-state index contributed by atoms with van der Waals surface area (Å²) < 4.78 is 2.03. The van der Waals surface area contributed by atoms with Gasteiger partial charge in [-0.05, 0) is 68.6 Å². The van der Waals surface area contributed by atoms with Gasteiger partial charge in [-0.25, -0.2) is 4.68 Å². The summed E-state index contributed by atoms with van der Waals surface area (Å²) in [7, 11) is 1.85. The Balaban J connectivity index is 0.00000225. The van der Waals surface area contributed by atoms with Crippen molar-refractivity contribution in [2.45, 2.75) is 52.5 Å². The van der Waals surface area contributed by atoms with E-state index in [1.807, 2.05) is 18.7 Å². The van der Waals surface area contributed by atoms with Crippen molar-refractivity contribution in [3.05, 3.63) is 47.3 Å². The molecule has 2 aliphatic carbocycles. The van der Waals surface area contributed by atoms with Crippen LogP contribution in [0.1, 0.15) is 49.1 Å². The molecule has 0 bridgehead atoms. The van der Waals surface area contributed by atoms with Crippen molar-refractivity contribution in [2.24, 2.45) is 16.3 Å². The lowest BCUT2D eigenvalue weighted by atomic mass is 9.65. The average Bonchev–Trinajstić information content (AvgIpc) is 3.41. The molecule has 5 nitrogen and oxygen atoms in total. The van der Waals surface area contributed by atoms with Gasteiger partial charge in [-0.15, -0.1) is 24.0 Å². The van der Waals surface area contributed by atoms with Gasteiger partial charge in [0.1, 0.15) is 0 Å². The van der Waals surface area contributed by atoms with E-state index in [9.17, 15) is 0 Å². The Bertz CT molecular complexity index is 833. The Morgan fingerprint density at radius 1 is 1.21 bits per heavy atom. The van der Waals surface area contributed by atoms with E-state index >= 15 is 0 Å². The van der Waals surface area contributed by atoms with E-state index in [1.165, 1.54) is 37.7 Å². The first kappa shape index (κ1) is 21.1. The van der Waals surface area contributed by atoms with Gasteiger partial charge >= 0.3 is 0 Å². The van der Waals surface area contributed by atoms with Gasteiger partial charge in [0.15, 0.2) is 5.96 Å². The number of nitrogens with zero attached hydrogens (tertiary/aromatic N) is 3. The molecule has 4 rings (SSSR count). The normalized spacial score (nSPS) is 18.2. The van der Waals surface area contributed by atoms with Crippen molar-refractivity contribution >= 4 is 29.9 Å². The van der Waals surface area contributed by atoms with Gasteiger partial charge in [-0.1, -0.05) is 24.6 Å². The van der Waals surface area contributed by atoms with Crippen molar-refractivity contribution in [2.75, 3.05) is 13.6 Å². The number of guanidine groups is 1. The molecule has 0 spiro atoms. The Morgan fingerprint density at radius 2 is 1.96 bits per heavy atom.